The van der Waals surface area contributed by atoms with Crippen molar-refractivity contribution in [3.05, 3.63) is 60.2 Å². The van der Waals surface area contributed by atoms with Crippen molar-refractivity contribution >= 4 is 15.9 Å². The van der Waals surface area contributed by atoms with Crippen LogP contribution in [-0.4, -0.2) is 20.4 Å². The maximum absolute atomic E-state index is 12.0. The van der Waals surface area contributed by atoms with Crippen molar-refractivity contribution in [1.29, 1.82) is 0 Å². The fourth-order valence-corrected chi connectivity index (χ4v) is 2.40. The molecule has 1 amide bonds. The molecule has 2 rings (SSSR count). The molecule has 0 spiro atoms. The van der Waals surface area contributed by atoms with Gasteiger partial charge in [0.1, 0.15) is 5.75 Å². The van der Waals surface area contributed by atoms with Crippen LogP contribution in [0.5, 0.6) is 5.75 Å². The summed E-state index contributed by atoms with van der Waals surface area (Å²) >= 11 is 0. The molecule has 6 nitrogen and oxygen atoms in total. The molecule has 0 fully saturated rings. The molecule has 122 valence electrons. The van der Waals surface area contributed by atoms with E-state index in [4.69, 9.17) is 9.88 Å². The van der Waals surface area contributed by atoms with E-state index in [2.05, 4.69) is 5.32 Å². The summed E-state index contributed by atoms with van der Waals surface area (Å²) in [6.07, 6.45) is -0.638. The van der Waals surface area contributed by atoms with E-state index >= 15 is 0 Å². The number of nitrogens with two attached hydrogens (primary N) is 1. The Morgan fingerprint density at radius 3 is 2.30 bits per heavy atom. The molecular weight excluding hydrogens is 316 g/mol. The highest BCUT2D eigenvalue weighted by atomic mass is 32.2. The molecule has 7 heteroatoms. The van der Waals surface area contributed by atoms with Gasteiger partial charge in [-0.15, -0.1) is 0 Å². The zero-order chi connectivity index (χ0) is 16.9. The van der Waals surface area contributed by atoms with Crippen molar-refractivity contribution in [1.82, 2.24) is 5.32 Å². The van der Waals surface area contributed by atoms with Crippen LogP contribution in [0.25, 0.3) is 0 Å². The molecule has 0 aliphatic rings. The highest BCUT2D eigenvalue weighted by Gasteiger charge is 2.14. The number of ether oxygens (including phenoxy) is 1. The average molecular weight is 334 g/mol. The standard InChI is InChI=1S/C16H18N2O4S/c1-12(22-14-5-3-2-4-6-14)16(19)18-11-13-7-9-15(10-8-13)23(17,20)21/h2-10,12H,11H2,1H3,(H,18,19)(H2,17,20,21)/t12-/m0/s1. The van der Waals surface area contributed by atoms with Crippen molar-refractivity contribution < 1.29 is 17.9 Å². The smallest absolute Gasteiger partial charge is 0.261 e. The first kappa shape index (κ1) is 17.0. The largest absolute Gasteiger partial charge is 0.481 e. The Balaban J connectivity index is 1.89. The molecule has 0 aliphatic carbocycles. The number of rotatable bonds is 6. The molecule has 2 aromatic carbocycles. The summed E-state index contributed by atoms with van der Waals surface area (Å²) in [4.78, 5) is 12.0. The van der Waals surface area contributed by atoms with E-state index in [1.807, 2.05) is 18.2 Å². The summed E-state index contributed by atoms with van der Waals surface area (Å²) in [5, 5.41) is 7.76. The van der Waals surface area contributed by atoms with Gasteiger partial charge in [-0.25, -0.2) is 13.6 Å². The van der Waals surface area contributed by atoms with Gasteiger partial charge >= 0.3 is 0 Å². The van der Waals surface area contributed by atoms with Crippen LogP contribution < -0.4 is 15.2 Å². The van der Waals surface area contributed by atoms with Crippen molar-refractivity contribution in [2.45, 2.75) is 24.5 Å². The lowest BCUT2D eigenvalue weighted by molar-refractivity contribution is -0.127. The number of hydrogen-bond donors (Lipinski definition) is 2. The molecule has 3 N–H and O–H groups in total. The van der Waals surface area contributed by atoms with Gasteiger partial charge in [-0.2, -0.15) is 0 Å². The zero-order valence-electron chi connectivity index (χ0n) is 12.6. The first-order valence-corrected chi connectivity index (χ1v) is 8.52. The number of carbonyl (C=O) groups excluding carboxylic acids is 1. The molecule has 0 saturated heterocycles. The highest BCUT2D eigenvalue weighted by molar-refractivity contribution is 7.89. The fraction of sp³-hybridized carbons (Fsp3) is 0.188. The Bertz CT molecular complexity index is 758. The van der Waals surface area contributed by atoms with Crippen LogP contribution >= 0.6 is 0 Å². The molecule has 0 aliphatic heterocycles. The molecule has 0 radical (unpaired) electrons. The van der Waals surface area contributed by atoms with Crippen molar-refractivity contribution in [3.63, 3.8) is 0 Å². The third-order valence-corrected chi connectivity index (χ3v) is 4.07. The molecule has 0 heterocycles. The number of nitrogens with one attached hydrogen (secondary N) is 1. The summed E-state index contributed by atoms with van der Waals surface area (Å²) in [5.74, 6) is 0.358. The molecule has 0 bridgehead atoms. The molecular formula is C16H18N2O4S. The van der Waals surface area contributed by atoms with Gasteiger partial charge in [0.05, 0.1) is 4.90 Å². The molecule has 0 unspecified atom stereocenters. The maximum Gasteiger partial charge on any atom is 0.261 e. The number of hydrogen-bond acceptors (Lipinski definition) is 4. The van der Waals surface area contributed by atoms with Crippen LogP contribution in [0, 0.1) is 0 Å². The van der Waals surface area contributed by atoms with Gasteiger partial charge in [-0.3, -0.25) is 4.79 Å². The van der Waals surface area contributed by atoms with E-state index in [9.17, 15) is 13.2 Å². The SMILES string of the molecule is C[C@H](Oc1ccccc1)C(=O)NCc1ccc(S(N)(=O)=O)cc1. The Kier molecular flexibility index (Phi) is 5.36. The van der Waals surface area contributed by atoms with Gasteiger partial charge in [0.2, 0.25) is 10.0 Å². The lowest BCUT2D eigenvalue weighted by Gasteiger charge is -2.14. The number of amides is 1. The minimum absolute atomic E-state index is 0.0355. The van der Waals surface area contributed by atoms with Gasteiger partial charge in [0.25, 0.3) is 5.91 Å². The quantitative estimate of drug-likeness (QED) is 0.834. The average Bonchev–Trinajstić information content (AvgIpc) is 2.53. The number of primary sulfonamides is 1. The number of benzene rings is 2. The lowest BCUT2D eigenvalue weighted by Crippen LogP contribution is -2.35. The second-order valence-corrected chi connectivity index (χ2v) is 6.54. The van der Waals surface area contributed by atoms with Gasteiger partial charge in [0.15, 0.2) is 6.10 Å². The normalized spacial score (nSPS) is 12.4. The predicted molar refractivity (Wildman–Crippen MR) is 86.2 cm³/mol. The monoisotopic (exact) mass is 334 g/mol. The van der Waals surface area contributed by atoms with Crippen molar-refractivity contribution in [3.8, 4) is 5.75 Å². The summed E-state index contributed by atoms with van der Waals surface area (Å²) < 4.78 is 27.8. The van der Waals surface area contributed by atoms with E-state index in [0.29, 0.717) is 5.75 Å². The van der Waals surface area contributed by atoms with E-state index in [1.54, 1.807) is 31.2 Å². The van der Waals surface area contributed by atoms with Gasteiger partial charge in [-0.1, -0.05) is 30.3 Å². The van der Waals surface area contributed by atoms with Crippen LogP contribution in [-0.2, 0) is 21.4 Å². The lowest BCUT2D eigenvalue weighted by atomic mass is 10.2. The van der Waals surface area contributed by atoms with Crippen molar-refractivity contribution in [2.24, 2.45) is 5.14 Å². The highest BCUT2D eigenvalue weighted by Crippen LogP contribution is 2.11. The Morgan fingerprint density at radius 2 is 1.74 bits per heavy atom. The van der Waals surface area contributed by atoms with Crippen LogP contribution in [0.1, 0.15) is 12.5 Å². The number of para-hydroxylation sites is 1. The Hall–Kier alpha value is -2.38. The van der Waals surface area contributed by atoms with Gasteiger partial charge < -0.3 is 10.1 Å². The molecule has 0 aromatic heterocycles. The molecule has 2 aromatic rings. The molecule has 0 saturated carbocycles. The topological polar surface area (TPSA) is 98.5 Å². The van der Waals surface area contributed by atoms with E-state index in [-0.39, 0.29) is 17.3 Å². The van der Waals surface area contributed by atoms with Crippen molar-refractivity contribution in [2.75, 3.05) is 0 Å². The third kappa shape index (κ3) is 5.08. The van der Waals surface area contributed by atoms with Crippen LogP contribution in [0.15, 0.2) is 59.5 Å². The Morgan fingerprint density at radius 1 is 1.13 bits per heavy atom. The zero-order valence-corrected chi connectivity index (χ0v) is 13.4. The minimum Gasteiger partial charge on any atom is -0.481 e. The van der Waals surface area contributed by atoms with E-state index < -0.39 is 16.1 Å². The number of carbonyl (C=O) groups is 1. The number of sulfonamides is 1. The minimum atomic E-state index is -3.71. The summed E-state index contributed by atoms with van der Waals surface area (Å²) in [7, 11) is -3.71. The summed E-state index contributed by atoms with van der Waals surface area (Å²) in [5.41, 5.74) is 0.762. The van der Waals surface area contributed by atoms with E-state index in [0.717, 1.165) is 5.56 Å². The first-order chi connectivity index (χ1) is 10.9. The van der Waals surface area contributed by atoms with Gasteiger partial charge in [-0.05, 0) is 36.8 Å². The van der Waals surface area contributed by atoms with E-state index in [1.165, 1.54) is 12.1 Å². The second kappa shape index (κ2) is 7.26. The Labute approximate surface area is 135 Å². The van der Waals surface area contributed by atoms with Crippen LogP contribution in [0.4, 0.5) is 0 Å². The van der Waals surface area contributed by atoms with Crippen LogP contribution in [0.2, 0.25) is 0 Å². The summed E-state index contributed by atoms with van der Waals surface area (Å²) in [6.45, 7) is 1.93. The predicted octanol–water partition coefficient (Wildman–Crippen LogP) is 1.42. The summed E-state index contributed by atoms with van der Waals surface area (Å²) in [6, 6.07) is 15.1. The first-order valence-electron chi connectivity index (χ1n) is 6.97. The van der Waals surface area contributed by atoms with Crippen LogP contribution in [0.3, 0.4) is 0 Å². The maximum atomic E-state index is 12.0. The second-order valence-electron chi connectivity index (χ2n) is 4.98. The van der Waals surface area contributed by atoms with Gasteiger partial charge in [0, 0.05) is 6.54 Å². The molecule has 1 atom stereocenters. The third-order valence-electron chi connectivity index (χ3n) is 3.14. The fourth-order valence-electron chi connectivity index (χ4n) is 1.89. The molecule has 23 heavy (non-hydrogen) atoms.